The highest BCUT2D eigenvalue weighted by atomic mass is 35.5. The number of aromatic nitrogens is 3. The first kappa shape index (κ1) is 21.7. The fourth-order valence-electron chi connectivity index (χ4n) is 3.36. The number of thiazole rings is 1. The molecule has 3 aromatic heterocycles. The zero-order valence-corrected chi connectivity index (χ0v) is 20.8. The Morgan fingerprint density at radius 1 is 1.25 bits per heavy atom. The Kier molecular flexibility index (Phi) is 6.09. The molecule has 0 fully saturated rings. The lowest BCUT2D eigenvalue weighted by Gasteiger charge is -2.07. The SMILES string of the molecule is CCOc1ccc(-n2c(=S)sc3c(=O)[nH]c(SCc4csc5ccc(Cl)cc45)nc32)cc1. The Labute approximate surface area is 205 Å². The molecular formula is C22H16ClN3O2S4. The number of thiophene rings is 1. The zero-order valence-electron chi connectivity index (χ0n) is 16.8. The Hall–Kier alpha value is -2.17. The van der Waals surface area contributed by atoms with Gasteiger partial charge in [0.15, 0.2) is 14.8 Å². The smallest absolute Gasteiger partial charge is 0.271 e. The van der Waals surface area contributed by atoms with E-state index in [1.165, 1.54) is 27.8 Å². The standard InChI is InChI=1S/C22H16ClN3O2S4/c1-2-28-15-6-4-14(5-7-15)26-19-18(32-22(26)29)20(27)25-21(24-19)31-11-12-10-30-17-8-3-13(23)9-16(12)17/h3-10H,2,11H2,1H3,(H,24,25,27). The molecule has 0 saturated heterocycles. The summed E-state index contributed by atoms with van der Waals surface area (Å²) in [5.74, 6) is 1.45. The highest BCUT2D eigenvalue weighted by Gasteiger charge is 2.15. The molecule has 5 aromatic rings. The third-order valence-corrected chi connectivity index (χ3v) is 8.34. The summed E-state index contributed by atoms with van der Waals surface area (Å²) in [5.41, 5.74) is 2.39. The molecule has 0 aliphatic rings. The molecule has 5 rings (SSSR count). The Morgan fingerprint density at radius 3 is 2.84 bits per heavy atom. The largest absolute Gasteiger partial charge is 0.494 e. The maximum absolute atomic E-state index is 12.8. The van der Waals surface area contributed by atoms with Gasteiger partial charge >= 0.3 is 0 Å². The molecule has 32 heavy (non-hydrogen) atoms. The molecule has 3 heterocycles. The summed E-state index contributed by atoms with van der Waals surface area (Å²) in [7, 11) is 0. The first-order valence-electron chi connectivity index (χ1n) is 9.71. The second-order valence-corrected chi connectivity index (χ2v) is 10.8. The van der Waals surface area contributed by atoms with E-state index in [9.17, 15) is 4.79 Å². The fraction of sp³-hybridized carbons (Fsp3) is 0.136. The van der Waals surface area contributed by atoms with Crippen LogP contribution >= 0.6 is 58.3 Å². The van der Waals surface area contributed by atoms with Crippen LogP contribution in [0.3, 0.4) is 0 Å². The summed E-state index contributed by atoms with van der Waals surface area (Å²) < 4.78 is 9.63. The molecule has 5 nitrogen and oxygen atoms in total. The van der Waals surface area contributed by atoms with Crippen LogP contribution in [-0.2, 0) is 5.75 Å². The van der Waals surface area contributed by atoms with E-state index < -0.39 is 0 Å². The number of hydrogen-bond acceptors (Lipinski definition) is 7. The van der Waals surface area contributed by atoms with E-state index in [1.807, 2.05) is 54.0 Å². The Bertz CT molecular complexity index is 1550. The van der Waals surface area contributed by atoms with Crippen molar-refractivity contribution < 1.29 is 4.74 Å². The quantitative estimate of drug-likeness (QED) is 0.148. The van der Waals surface area contributed by atoms with Gasteiger partial charge < -0.3 is 9.72 Å². The summed E-state index contributed by atoms with van der Waals surface area (Å²) in [6, 6.07) is 13.5. The van der Waals surface area contributed by atoms with E-state index in [0.29, 0.717) is 36.8 Å². The number of H-pyrrole nitrogens is 1. The first-order chi connectivity index (χ1) is 15.5. The van der Waals surface area contributed by atoms with Gasteiger partial charge in [0, 0.05) is 21.2 Å². The van der Waals surface area contributed by atoms with Gasteiger partial charge in [0.2, 0.25) is 0 Å². The average Bonchev–Trinajstić information content (AvgIpc) is 3.33. The molecule has 0 amide bonds. The van der Waals surface area contributed by atoms with E-state index in [2.05, 4.69) is 10.4 Å². The molecule has 162 valence electrons. The number of halogens is 1. The molecule has 0 unspecified atom stereocenters. The van der Waals surface area contributed by atoms with Crippen molar-refractivity contribution in [1.29, 1.82) is 0 Å². The van der Waals surface area contributed by atoms with Crippen molar-refractivity contribution in [2.45, 2.75) is 17.8 Å². The van der Waals surface area contributed by atoms with Crippen LogP contribution in [-0.4, -0.2) is 21.1 Å². The molecule has 0 bridgehead atoms. The van der Waals surface area contributed by atoms with Crippen LogP contribution in [0.1, 0.15) is 12.5 Å². The van der Waals surface area contributed by atoms with Gasteiger partial charge in [0.05, 0.1) is 6.61 Å². The topological polar surface area (TPSA) is 59.9 Å². The minimum atomic E-state index is -0.184. The summed E-state index contributed by atoms with van der Waals surface area (Å²) in [4.78, 5) is 20.4. The number of nitrogens with zero attached hydrogens (tertiary/aromatic N) is 2. The van der Waals surface area contributed by atoms with Gasteiger partial charge in [-0.15, -0.1) is 11.3 Å². The van der Waals surface area contributed by atoms with Crippen molar-refractivity contribution in [3.63, 3.8) is 0 Å². The average molecular weight is 518 g/mol. The summed E-state index contributed by atoms with van der Waals surface area (Å²) in [6.07, 6.45) is 0. The van der Waals surface area contributed by atoms with Crippen molar-refractivity contribution in [1.82, 2.24) is 14.5 Å². The molecule has 0 aliphatic carbocycles. The predicted octanol–water partition coefficient (Wildman–Crippen LogP) is 7.06. The van der Waals surface area contributed by atoms with Gasteiger partial charge in [0.25, 0.3) is 5.56 Å². The predicted molar refractivity (Wildman–Crippen MR) is 138 cm³/mol. The van der Waals surface area contributed by atoms with E-state index in [-0.39, 0.29) is 5.56 Å². The highest BCUT2D eigenvalue weighted by molar-refractivity contribution is 7.98. The lowest BCUT2D eigenvalue weighted by molar-refractivity contribution is 0.340. The zero-order chi connectivity index (χ0) is 22.2. The second-order valence-electron chi connectivity index (χ2n) is 6.84. The number of ether oxygens (including phenoxy) is 1. The number of rotatable bonds is 6. The highest BCUT2D eigenvalue weighted by Crippen LogP contribution is 2.33. The van der Waals surface area contributed by atoms with Crippen molar-refractivity contribution in [2.75, 3.05) is 6.61 Å². The molecular weight excluding hydrogens is 502 g/mol. The van der Waals surface area contributed by atoms with Crippen LogP contribution in [0.25, 0.3) is 26.1 Å². The maximum atomic E-state index is 12.8. The summed E-state index contributed by atoms with van der Waals surface area (Å²) in [5, 5.41) is 4.52. The summed E-state index contributed by atoms with van der Waals surface area (Å²) in [6.45, 7) is 2.54. The van der Waals surface area contributed by atoms with Crippen molar-refractivity contribution >= 4 is 78.7 Å². The van der Waals surface area contributed by atoms with Crippen LogP contribution in [0.4, 0.5) is 0 Å². The number of hydrogen-bond donors (Lipinski definition) is 1. The monoisotopic (exact) mass is 517 g/mol. The second kappa shape index (κ2) is 8.99. The van der Waals surface area contributed by atoms with E-state index in [0.717, 1.165) is 22.4 Å². The van der Waals surface area contributed by atoms with E-state index >= 15 is 0 Å². The number of thioether (sulfide) groups is 1. The lowest BCUT2D eigenvalue weighted by Crippen LogP contribution is -2.09. The molecule has 0 saturated carbocycles. The third-order valence-electron chi connectivity index (χ3n) is 4.81. The van der Waals surface area contributed by atoms with Crippen molar-refractivity contribution in [3.8, 4) is 11.4 Å². The number of aromatic amines is 1. The first-order valence-corrected chi connectivity index (χ1v) is 13.2. The minimum Gasteiger partial charge on any atom is -0.494 e. The van der Waals surface area contributed by atoms with Crippen molar-refractivity contribution in [3.05, 3.63) is 72.7 Å². The molecule has 1 N–H and O–H groups in total. The van der Waals surface area contributed by atoms with Crippen LogP contribution in [0.15, 0.2) is 57.8 Å². The molecule has 0 atom stereocenters. The molecule has 10 heteroatoms. The van der Waals surface area contributed by atoms with Crippen LogP contribution in [0.2, 0.25) is 5.02 Å². The normalized spacial score (nSPS) is 11.4. The molecule has 0 radical (unpaired) electrons. The van der Waals surface area contributed by atoms with Gasteiger partial charge in [-0.25, -0.2) is 4.98 Å². The molecule has 2 aromatic carbocycles. The maximum Gasteiger partial charge on any atom is 0.271 e. The number of benzene rings is 2. The van der Waals surface area contributed by atoms with Crippen LogP contribution < -0.4 is 10.3 Å². The van der Waals surface area contributed by atoms with Crippen LogP contribution in [0, 0.1) is 3.95 Å². The summed E-state index contributed by atoms with van der Waals surface area (Å²) >= 11 is 16.2. The van der Waals surface area contributed by atoms with Crippen LogP contribution in [0.5, 0.6) is 5.75 Å². The lowest BCUT2D eigenvalue weighted by atomic mass is 10.2. The number of nitrogens with one attached hydrogen (secondary N) is 1. The molecule has 0 spiro atoms. The van der Waals surface area contributed by atoms with E-state index in [1.54, 1.807) is 11.3 Å². The fourth-order valence-corrected chi connectivity index (χ4v) is 6.70. The number of fused-ring (bicyclic) bond motifs is 2. The van der Waals surface area contributed by atoms with Crippen molar-refractivity contribution in [2.24, 2.45) is 0 Å². The minimum absolute atomic E-state index is 0.184. The van der Waals surface area contributed by atoms with Gasteiger partial charge in [-0.1, -0.05) is 34.7 Å². The Morgan fingerprint density at radius 2 is 2.06 bits per heavy atom. The van der Waals surface area contributed by atoms with Gasteiger partial charge in [0.1, 0.15) is 10.4 Å². The van der Waals surface area contributed by atoms with Gasteiger partial charge in [-0.2, -0.15) is 0 Å². The van der Waals surface area contributed by atoms with E-state index in [4.69, 9.17) is 33.5 Å². The van der Waals surface area contributed by atoms with Gasteiger partial charge in [-0.05, 0) is 77.9 Å². The molecule has 0 aliphatic heterocycles. The van der Waals surface area contributed by atoms with Gasteiger partial charge in [-0.3, -0.25) is 9.36 Å². The third kappa shape index (κ3) is 4.11. The Balaban J connectivity index is 1.51.